The van der Waals surface area contributed by atoms with Crippen molar-refractivity contribution in [1.29, 1.82) is 0 Å². The van der Waals surface area contributed by atoms with Gasteiger partial charge < -0.3 is 0 Å². The van der Waals surface area contributed by atoms with Crippen molar-refractivity contribution in [3.05, 3.63) is 33.4 Å². The molecule has 0 heterocycles. The Bertz CT molecular complexity index is 403. The van der Waals surface area contributed by atoms with E-state index in [9.17, 15) is 0 Å². The van der Waals surface area contributed by atoms with E-state index in [-0.39, 0.29) is 0 Å². The smallest absolute Gasteiger partial charge is 0.0156 e. The first-order valence-corrected chi connectivity index (χ1v) is 6.71. The van der Waals surface area contributed by atoms with Crippen molar-refractivity contribution in [3.8, 4) is 0 Å². The minimum atomic E-state index is 0.887. The van der Waals surface area contributed by atoms with Crippen LogP contribution in [-0.4, -0.2) is 0 Å². The summed E-state index contributed by atoms with van der Waals surface area (Å²) >= 11 is 0. The molecule has 0 N–H and O–H groups in total. The third-order valence-electron chi connectivity index (χ3n) is 5.33. The number of fused-ring (bicyclic) bond motifs is 2. The van der Waals surface area contributed by atoms with Crippen molar-refractivity contribution in [2.24, 2.45) is 0 Å². The van der Waals surface area contributed by atoms with E-state index in [0.29, 0.717) is 0 Å². The molecule has 0 nitrogen and oxygen atoms in total. The maximum atomic E-state index is 2.35. The zero-order valence-electron chi connectivity index (χ0n) is 11.0. The van der Waals surface area contributed by atoms with Gasteiger partial charge in [-0.3, -0.25) is 0 Å². The van der Waals surface area contributed by atoms with Crippen molar-refractivity contribution in [2.45, 2.75) is 65.2 Å². The van der Waals surface area contributed by atoms with Gasteiger partial charge in [-0.05, 0) is 98.6 Å². The highest BCUT2D eigenvalue weighted by atomic mass is 14.4. The predicted molar refractivity (Wildman–Crippen MR) is 69.3 cm³/mol. The van der Waals surface area contributed by atoms with Crippen molar-refractivity contribution < 1.29 is 0 Å². The first kappa shape index (κ1) is 10.4. The van der Waals surface area contributed by atoms with Crippen LogP contribution in [0.15, 0.2) is 0 Å². The summed E-state index contributed by atoms with van der Waals surface area (Å²) in [6, 6.07) is 0. The SMILES string of the molecule is Cc1c(C)c(C)c2c(c1C)C1CCC2CC1. The molecule has 2 bridgehead atoms. The maximum absolute atomic E-state index is 2.35. The summed E-state index contributed by atoms with van der Waals surface area (Å²) in [6.45, 7) is 9.31. The zero-order chi connectivity index (χ0) is 11.4. The average Bonchev–Trinajstić information content (AvgIpc) is 2.34. The van der Waals surface area contributed by atoms with Crippen LogP contribution in [0.4, 0.5) is 0 Å². The van der Waals surface area contributed by atoms with Crippen LogP contribution in [0, 0.1) is 27.7 Å². The van der Waals surface area contributed by atoms with Gasteiger partial charge in [0.1, 0.15) is 0 Å². The monoisotopic (exact) mass is 214 g/mol. The van der Waals surface area contributed by atoms with E-state index in [0.717, 1.165) is 11.8 Å². The van der Waals surface area contributed by atoms with Gasteiger partial charge in [0.05, 0.1) is 0 Å². The molecule has 0 heteroatoms. The third-order valence-corrected chi connectivity index (χ3v) is 5.33. The van der Waals surface area contributed by atoms with Crippen molar-refractivity contribution in [3.63, 3.8) is 0 Å². The molecule has 1 saturated carbocycles. The highest BCUT2D eigenvalue weighted by molar-refractivity contribution is 5.54. The fraction of sp³-hybridized carbons (Fsp3) is 0.625. The molecular weight excluding hydrogens is 192 g/mol. The molecule has 0 aromatic heterocycles. The molecule has 0 unspecified atom stereocenters. The summed E-state index contributed by atoms with van der Waals surface area (Å²) in [5.41, 5.74) is 9.80. The van der Waals surface area contributed by atoms with Crippen molar-refractivity contribution >= 4 is 0 Å². The molecular formula is C16H22. The average molecular weight is 214 g/mol. The Balaban J connectivity index is 2.34. The van der Waals surface area contributed by atoms with Gasteiger partial charge in [-0.1, -0.05) is 0 Å². The normalized spacial score (nSPS) is 27.0. The summed E-state index contributed by atoms with van der Waals surface area (Å²) in [5, 5.41) is 0. The zero-order valence-corrected chi connectivity index (χ0v) is 11.0. The summed E-state index contributed by atoms with van der Waals surface area (Å²) in [5.74, 6) is 1.77. The van der Waals surface area contributed by atoms with E-state index in [1.54, 1.807) is 33.4 Å². The molecule has 3 aliphatic carbocycles. The summed E-state index contributed by atoms with van der Waals surface area (Å²) in [4.78, 5) is 0. The van der Waals surface area contributed by atoms with Gasteiger partial charge in [-0.15, -0.1) is 0 Å². The first-order chi connectivity index (χ1) is 7.61. The van der Waals surface area contributed by atoms with Crippen molar-refractivity contribution in [2.75, 3.05) is 0 Å². The van der Waals surface area contributed by atoms with Crippen LogP contribution >= 0.6 is 0 Å². The second-order valence-electron chi connectivity index (χ2n) is 5.88. The molecule has 1 aromatic carbocycles. The van der Waals surface area contributed by atoms with E-state index >= 15 is 0 Å². The molecule has 0 aliphatic heterocycles. The number of benzene rings is 1. The van der Waals surface area contributed by atoms with Gasteiger partial charge in [-0.2, -0.15) is 0 Å². The molecule has 0 spiro atoms. The van der Waals surface area contributed by atoms with Crippen LogP contribution in [0.25, 0.3) is 0 Å². The first-order valence-electron chi connectivity index (χ1n) is 6.71. The van der Waals surface area contributed by atoms with E-state index in [4.69, 9.17) is 0 Å². The highest BCUT2D eigenvalue weighted by Crippen LogP contribution is 2.52. The Hall–Kier alpha value is -0.780. The fourth-order valence-corrected chi connectivity index (χ4v) is 4.09. The lowest BCUT2D eigenvalue weighted by atomic mass is 9.63. The fourth-order valence-electron chi connectivity index (χ4n) is 4.09. The molecule has 1 fully saturated rings. The number of hydrogen-bond donors (Lipinski definition) is 0. The minimum Gasteiger partial charge on any atom is -0.0458 e. The highest BCUT2D eigenvalue weighted by Gasteiger charge is 2.35. The lowest BCUT2D eigenvalue weighted by molar-refractivity contribution is 0.355. The van der Waals surface area contributed by atoms with E-state index < -0.39 is 0 Å². The van der Waals surface area contributed by atoms with Gasteiger partial charge in [-0.25, -0.2) is 0 Å². The Kier molecular flexibility index (Phi) is 2.18. The Morgan fingerprint density at radius 3 is 1.19 bits per heavy atom. The van der Waals surface area contributed by atoms with Crippen LogP contribution in [-0.2, 0) is 0 Å². The maximum Gasteiger partial charge on any atom is -0.0156 e. The standard InChI is InChI=1S/C16H22/c1-9-10(2)12(4)16-14-7-5-13(6-8-14)15(16)11(9)3/h13-14H,5-8H2,1-4H3. The van der Waals surface area contributed by atoms with Crippen LogP contribution in [0.3, 0.4) is 0 Å². The number of hydrogen-bond acceptors (Lipinski definition) is 0. The Morgan fingerprint density at radius 1 is 0.562 bits per heavy atom. The van der Waals surface area contributed by atoms with E-state index in [2.05, 4.69) is 27.7 Å². The summed E-state index contributed by atoms with van der Waals surface area (Å²) in [7, 11) is 0. The van der Waals surface area contributed by atoms with Gasteiger partial charge in [0.2, 0.25) is 0 Å². The third kappa shape index (κ3) is 1.16. The quantitative estimate of drug-likeness (QED) is 0.588. The summed E-state index contributed by atoms with van der Waals surface area (Å²) < 4.78 is 0. The van der Waals surface area contributed by atoms with E-state index in [1.807, 2.05) is 0 Å². The van der Waals surface area contributed by atoms with E-state index in [1.165, 1.54) is 25.7 Å². The van der Waals surface area contributed by atoms with Gasteiger partial charge in [0, 0.05) is 0 Å². The number of rotatable bonds is 0. The van der Waals surface area contributed by atoms with Crippen LogP contribution in [0.5, 0.6) is 0 Å². The van der Waals surface area contributed by atoms with Gasteiger partial charge >= 0.3 is 0 Å². The topological polar surface area (TPSA) is 0 Å². The van der Waals surface area contributed by atoms with Gasteiger partial charge in [0.15, 0.2) is 0 Å². The van der Waals surface area contributed by atoms with Crippen LogP contribution < -0.4 is 0 Å². The molecule has 4 rings (SSSR count). The van der Waals surface area contributed by atoms with Crippen LogP contribution in [0.2, 0.25) is 0 Å². The largest absolute Gasteiger partial charge is 0.0458 e. The predicted octanol–water partition coefficient (Wildman–Crippen LogP) is 4.68. The second-order valence-corrected chi connectivity index (χ2v) is 5.88. The molecule has 1 aromatic rings. The molecule has 16 heavy (non-hydrogen) atoms. The lowest BCUT2D eigenvalue weighted by Crippen LogP contribution is -2.24. The van der Waals surface area contributed by atoms with Gasteiger partial charge in [0.25, 0.3) is 0 Å². The molecule has 0 saturated heterocycles. The Labute approximate surface area is 99.1 Å². The minimum absolute atomic E-state index is 0.887. The molecule has 0 radical (unpaired) electrons. The molecule has 86 valence electrons. The Morgan fingerprint density at radius 2 is 0.875 bits per heavy atom. The second kappa shape index (κ2) is 3.35. The lowest BCUT2D eigenvalue weighted by Gasteiger charge is -2.41. The summed E-state index contributed by atoms with van der Waals surface area (Å²) in [6.07, 6.45) is 5.78. The molecule has 0 amide bonds. The van der Waals surface area contributed by atoms with Crippen LogP contribution in [0.1, 0.15) is 70.9 Å². The molecule has 0 atom stereocenters. The molecule has 3 aliphatic rings. The van der Waals surface area contributed by atoms with Crippen molar-refractivity contribution in [1.82, 2.24) is 0 Å².